The molecule has 0 saturated heterocycles. The van der Waals surface area contributed by atoms with Crippen LogP contribution in [0, 0.1) is 20.8 Å². The second-order valence-electron chi connectivity index (χ2n) is 7.31. The van der Waals surface area contributed by atoms with Gasteiger partial charge in [-0.25, -0.2) is 0 Å². The van der Waals surface area contributed by atoms with Gasteiger partial charge in [0.1, 0.15) is 5.85 Å². The van der Waals surface area contributed by atoms with E-state index in [4.69, 9.17) is 4.74 Å². The maximum atomic E-state index is 13.4. The fourth-order valence-corrected chi connectivity index (χ4v) is 6.41. The van der Waals surface area contributed by atoms with Crippen LogP contribution in [0.1, 0.15) is 68.6 Å². The predicted octanol–water partition coefficient (Wildman–Crippen LogP) is 5.84. The summed E-state index contributed by atoms with van der Waals surface area (Å²) in [7, 11) is -0.542. The summed E-state index contributed by atoms with van der Waals surface area (Å²) in [6, 6.07) is 4.19. The maximum Gasteiger partial charge on any atom is 0.196 e. The first-order valence-corrected chi connectivity index (χ1v) is 10.2. The molecule has 1 aromatic carbocycles. The zero-order valence-corrected chi connectivity index (χ0v) is 17.1. The van der Waals surface area contributed by atoms with Crippen LogP contribution in [0.3, 0.4) is 0 Å². The van der Waals surface area contributed by atoms with Crippen LogP contribution in [0.5, 0.6) is 0 Å². The molecule has 0 aromatic heterocycles. The maximum absolute atomic E-state index is 13.4. The highest BCUT2D eigenvalue weighted by molar-refractivity contribution is 7.60. The van der Waals surface area contributed by atoms with E-state index >= 15 is 0 Å². The number of carbonyl (C=O) groups is 1. The van der Waals surface area contributed by atoms with Gasteiger partial charge in [0.05, 0.1) is 6.10 Å². The number of ketones is 1. The Hall–Kier alpha value is -0.720. The molecule has 0 aliphatic carbocycles. The monoisotopic (exact) mass is 336 g/mol. The highest BCUT2D eigenvalue weighted by atomic mass is 31.1. The Bertz CT molecular complexity index is 516. The third kappa shape index (κ3) is 5.13. The molecule has 1 atom stereocenters. The first kappa shape index (κ1) is 20.3. The standard InChI is InChI=1S/C20H33O2P/c1-12(2)22-20(23(13(3)4)14(5)6)19(21)18-16(8)10-15(7)11-17(18)9/h10-14,20H,1-9H3. The van der Waals surface area contributed by atoms with E-state index in [9.17, 15) is 4.79 Å². The van der Waals surface area contributed by atoms with Crippen LogP contribution in [0.15, 0.2) is 12.1 Å². The van der Waals surface area contributed by atoms with Crippen molar-refractivity contribution < 1.29 is 9.53 Å². The summed E-state index contributed by atoms with van der Waals surface area (Å²) in [5, 5.41) is 0. The Morgan fingerprint density at radius 2 is 1.35 bits per heavy atom. The number of benzene rings is 1. The molecule has 1 unspecified atom stereocenters. The van der Waals surface area contributed by atoms with E-state index in [2.05, 4.69) is 46.8 Å². The SMILES string of the molecule is Cc1cc(C)c(C(=O)C(OC(C)C)P(C(C)C)C(C)C)c(C)c1. The zero-order valence-electron chi connectivity index (χ0n) is 16.2. The molecule has 3 heteroatoms. The topological polar surface area (TPSA) is 26.3 Å². The summed E-state index contributed by atoms with van der Waals surface area (Å²) >= 11 is 0. The van der Waals surface area contributed by atoms with Crippen LogP contribution >= 0.6 is 7.92 Å². The minimum Gasteiger partial charge on any atom is -0.363 e. The first-order chi connectivity index (χ1) is 10.6. The van der Waals surface area contributed by atoms with Gasteiger partial charge in [-0.2, -0.15) is 0 Å². The molecule has 130 valence electrons. The third-order valence-corrected chi connectivity index (χ3v) is 7.30. The fraction of sp³-hybridized carbons (Fsp3) is 0.650. The lowest BCUT2D eigenvalue weighted by molar-refractivity contribution is 0.0436. The van der Waals surface area contributed by atoms with E-state index in [0.29, 0.717) is 11.3 Å². The van der Waals surface area contributed by atoms with Gasteiger partial charge in [0.2, 0.25) is 0 Å². The van der Waals surface area contributed by atoms with Crippen molar-refractivity contribution in [3.05, 3.63) is 34.4 Å². The van der Waals surface area contributed by atoms with E-state index < -0.39 is 7.92 Å². The fourth-order valence-electron chi connectivity index (χ4n) is 3.36. The molecule has 0 saturated carbocycles. The number of Topliss-reactive ketones (excluding diaryl/α,β-unsaturated/α-hetero) is 1. The van der Waals surface area contributed by atoms with Gasteiger partial charge in [-0.3, -0.25) is 4.79 Å². The molecular weight excluding hydrogens is 303 g/mol. The Kier molecular flexibility index (Phi) is 7.42. The molecule has 0 spiro atoms. The molecule has 0 heterocycles. The number of ether oxygens (including phenoxy) is 1. The average Bonchev–Trinajstić information content (AvgIpc) is 2.34. The van der Waals surface area contributed by atoms with Gasteiger partial charge in [0.25, 0.3) is 0 Å². The van der Waals surface area contributed by atoms with Crippen molar-refractivity contribution in [2.45, 2.75) is 85.6 Å². The smallest absolute Gasteiger partial charge is 0.196 e. The van der Waals surface area contributed by atoms with Crippen LogP contribution in [0.4, 0.5) is 0 Å². The van der Waals surface area contributed by atoms with Gasteiger partial charge < -0.3 is 4.74 Å². The van der Waals surface area contributed by atoms with Crippen molar-refractivity contribution in [1.29, 1.82) is 0 Å². The van der Waals surface area contributed by atoms with Gasteiger partial charge >= 0.3 is 0 Å². The van der Waals surface area contributed by atoms with Crippen LogP contribution < -0.4 is 0 Å². The van der Waals surface area contributed by atoms with Crippen molar-refractivity contribution in [2.75, 3.05) is 0 Å². The average molecular weight is 336 g/mol. The van der Waals surface area contributed by atoms with Crippen LogP contribution in [-0.2, 0) is 4.74 Å². The highest BCUT2D eigenvalue weighted by Crippen LogP contribution is 2.52. The number of aryl methyl sites for hydroxylation is 3. The van der Waals surface area contributed by atoms with Gasteiger partial charge in [0, 0.05) is 5.56 Å². The molecule has 0 N–H and O–H groups in total. The van der Waals surface area contributed by atoms with Crippen molar-refractivity contribution in [1.82, 2.24) is 0 Å². The van der Waals surface area contributed by atoms with Gasteiger partial charge in [-0.15, -0.1) is 0 Å². The summed E-state index contributed by atoms with van der Waals surface area (Å²) < 4.78 is 6.17. The minimum atomic E-state index is -0.542. The Morgan fingerprint density at radius 1 is 0.913 bits per heavy atom. The first-order valence-electron chi connectivity index (χ1n) is 8.61. The highest BCUT2D eigenvalue weighted by Gasteiger charge is 2.35. The largest absolute Gasteiger partial charge is 0.363 e. The van der Waals surface area contributed by atoms with Gasteiger partial charge in [0.15, 0.2) is 5.78 Å². The van der Waals surface area contributed by atoms with E-state index in [0.717, 1.165) is 16.7 Å². The molecule has 0 amide bonds. The molecule has 0 fully saturated rings. The van der Waals surface area contributed by atoms with Gasteiger partial charge in [-0.05, 0) is 57.1 Å². The third-order valence-electron chi connectivity index (χ3n) is 4.01. The number of carbonyl (C=O) groups excluding carboxylic acids is 1. The summed E-state index contributed by atoms with van der Waals surface area (Å²) in [6.07, 6.45) is 0.0533. The van der Waals surface area contributed by atoms with Crippen molar-refractivity contribution in [3.63, 3.8) is 0 Å². The van der Waals surface area contributed by atoms with E-state index in [1.807, 2.05) is 27.7 Å². The summed E-state index contributed by atoms with van der Waals surface area (Å²) in [4.78, 5) is 13.4. The van der Waals surface area contributed by atoms with Crippen LogP contribution in [0.2, 0.25) is 0 Å². The van der Waals surface area contributed by atoms with E-state index in [-0.39, 0.29) is 17.7 Å². The Labute approximate surface area is 143 Å². The molecule has 23 heavy (non-hydrogen) atoms. The van der Waals surface area contributed by atoms with Crippen molar-refractivity contribution in [2.24, 2.45) is 0 Å². The summed E-state index contributed by atoms with van der Waals surface area (Å²) in [6.45, 7) is 19.0. The quantitative estimate of drug-likeness (QED) is 0.461. The second kappa shape index (κ2) is 8.40. The molecule has 2 nitrogen and oxygen atoms in total. The molecule has 1 aromatic rings. The number of hydrogen-bond acceptors (Lipinski definition) is 2. The predicted molar refractivity (Wildman–Crippen MR) is 102 cm³/mol. The zero-order chi connectivity index (χ0) is 17.9. The number of hydrogen-bond donors (Lipinski definition) is 0. The lowest BCUT2D eigenvalue weighted by atomic mass is 9.97. The second-order valence-corrected chi connectivity index (χ2v) is 10.7. The summed E-state index contributed by atoms with van der Waals surface area (Å²) in [5.74, 6) is -0.146. The van der Waals surface area contributed by atoms with Gasteiger partial charge in [-0.1, -0.05) is 53.3 Å². The molecule has 0 radical (unpaired) electrons. The minimum absolute atomic E-state index is 0.0533. The molecule has 1 rings (SSSR count). The van der Waals surface area contributed by atoms with Crippen molar-refractivity contribution >= 4 is 13.7 Å². The Morgan fingerprint density at radius 3 is 1.70 bits per heavy atom. The molecular formula is C20H33O2P. The van der Waals surface area contributed by atoms with Crippen molar-refractivity contribution in [3.8, 4) is 0 Å². The van der Waals surface area contributed by atoms with Crippen LogP contribution in [0.25, 0.3) is 0 Å². The summed E-state index contributed by atoms with van der Waals surface area (Å²) in [5.41, 5.74) is 5.11. The molecule has 0 aliphatic rings. The molecule has 0 aliphatic heterocycles. The lowest BCUT2D eigenvalue weighted by Crippen LogP contribution is -2.31. The number of rotatable bonds is 7. The van der Waals surface area contributed by atoms with E-state index in [1.165, 1.54) is 5.56 Å². The normalized spacial score (nSPS) is 13.4. The van der Waals surface area contributed by atoms with Crippen LogP contribution in [-0.4, -0.2) is 29.1 Å². The lowest BCUT2D eigenvalue weighted by Gasteiger charge is -2.34. The molecule has 0 bridgehead atoms. The van der Waals surface area contributed by atoms with E-state index in [1.54, 1.807) is 0 Å². The Balaban J connectivity index is 3.35.